The van der Waals surface area contributed by atoms with E-state index in [0.29, 0.717) is 28.4 Å². The van der Waals surface area contributed by atoms with Crippen molar-refractivity contribution in [3.05, 3.63) is 52.0 Å². The number of halogens is 1. The second kappa shape index (κ2) is 7.83. The quantitative estimate of drug-likeness (QED) is 0.704. The fourth-order valence-electron chi connectivity index (χ4n) is 4.12. The summed E-state index contributed by atoms with van der Waals surface area (Å²) < 4.78 is 23.3. The van der Waals surface area contributed by atoms with Gasteiger partial charge in [-0.3, -0.25) is 4.79 Å². The molecule has 0 radical (unpaired) electrons. The van der Waals surface area contributed by atoms with Gasteiger partial charge in [0.25, 0.3) is 0 Å². The minimum absolute atomic E-state index is 0.0857. The molecule has 2 atom stereocenters. The molecule has 1 aliphatic carbocycles. The van der Waals surface area contributed by atoms with E-state index in [9.17, 15) is 9.59 Å². The predicted molar refractivity (Wildman–Crippen MR) is 110 cm³/mol. The molecule has 1 saturated carbocycles. The molecule has 2 aromatic carbocycles. The summed E-state index contributed by atoms with van der Waals surface area (Å²) in [7, 11) is 0. The summed E-state index contributed by atoms with van der Waals surface area (Å²) >= 11 is 3.38. The van der Waals surface area contributed by atoms with Crippen LogP contribution in [-0.2, 0) is 4.74 Å². The third kappa shape index (κ3) is 3.60. The molecule has 8 heteroatoms. The number of ether oxygens (including phenoxy) is 4. The molecule has 0 saturated heterocycles. The Balaban J connectivity index is 1.46. The number of Topliss-reactive ketones (excluding diaryl/α,β-unsaturated/α-hetero) is 1. The number of fused-ring (bicyclic) bond motifs is 2. The SMILES string of the molecule is O=C(NC1CCCC1)O[C@@H]1C(=O)c2cc(Br)ccc2O[C@H]1c1ccc2c(c1)OCO2. The van der Waals surface area contributed by atoms with Crippen molar-refractivity contribution in [1.29, 1.82) is 0 Å². The molecule has 1 N–H and O–H groups in total. The van der Waals surface area contributed by atoms with Gasteiger partial charge in [-0.15, -0.1) is 0 Å². The van der Waals surface area contributed by atoms with E-state index in [1.54, 1.807) is 36.4 Å². The topological polar surface area (TPSA) is 83.1 Å². The molecule has 0 spiro atoms. The van der Waals surface area contributed by atoms with E-state index in [0.717, 1.165) is 30.2 Å². The summed E-state index contributed by atoms with van der Waals surface area (Å²) in [5.74, 6) is 1.34. The molecule has 30 heavy (non-hydrogen) atoms. The van der Waals surface area contributed by atoms with Gasteiger partial charge < -0.3 is 24.3 Å². The first-order valence-electron chi connectivity index (χ1n) is 9.95. The summed E-state index contributed by atoms with van der Waals surface area (Å²) in [5.41, 5.74) is 1.04. The first kappa shape index (κ1) is 19.2. The Morgan fingerprint density at radius 3 is 2.63 bits per heavy atom. The van der Waals surface area contributed by atoms with Gasteiger partial charge in [-0.25, -0.2) is 4.79 Å². The van der Waals surface area contributed by atoms with E-state index in [1.807, 2.05) is 0 Å². The van der Waals surface area contributed by atoms with E-state index >= 15 is 0 Å². The van der Waals surface area contributed by atoms with Gasteiger partial charge in [-0.1, -0.05) is 34.8 Å². The van der Waals surface area contributed by atoms with Crippen LogP contribution in [0.2, 0.25) is 0 Å². The Morgan fingerprint density at radius 2 is 1.80 bits per heavy atom. The molecule has 7 nitrogen and oxygen atoms in total. The molecule has 156 valence electrons. The number of amides is 1. The van der Waals surface area contributed by atoms with Gasteiger partial charge in [0.05, 0.1) is 5.56 Å². The van der Waals surface area contributed by atoms with Gasteiger partial charge in [-0.05, 0) is 43.2 Å². The van der Waals surface area contributed by atoms with Crippen molar-refractivity contribution in [2.24, 2.45) is 0 Å². The van der Waals surface area contributed by atoms with E-state index in [1.165, 1.54) is 0 Å². The number of alkyl carbamates (subject to hydrolysis) is 1. The second-order valence-electron chi connectivity index (χ2n) is 7.61. The standard InChI is InChI=1S/C22H20BrNO6/c23-13-6-8-16-15(10-13)19(25)21(30-22(26)24-14-3-1-2-4-14)20(29-16)12-5-7-17-18(9-12)28-11-27-17/h5-10,14,20-21H,1-4,11H2,(H,24,26)/t20-,21+/m0/s1. The van der Waals surface area contributed by atoms with Crippen molar-refractivity contribution in [1.82, 2.24) is 5.32 Å². The molecule has 2 heterocycles. The number of carbonyl (C=O) groups is 2. The molecule has 1 amide bonds. The Hall–Kier alpha value is -2.74. The lowest BCUT2D eigenvalue weighted by Gasteiger charge is -2.32. The first-order chi connectivity index (χ1) is 14.6. The third-order valence-corrected chi connectivity index (χ3v) is 6.12. The molecule has 0 unspecified atom stereocenters. The molecule has 5 rings (SSSR count). The summed E-state index contributed by atoms with van der Waals surface area (Å²) in [5, 5.41) is 2.87. The number of benzene rings is 2. The van der Waals surface area contributed by atoms with Crippen LogP contribution < -0.4 is 19.5 Å². The van der Waals surface area contributed by atoms with E-state index in [-0.39, 0.29) is 18.6 Å². The fourth-order valence-corrected chi connectivity index (χ4v) is 4.48. The average molecular weight is 474 g/mol. The molecule has 2 aliphatic heterocycles. The zero-order valence-electron chi connectivity index (χ0n) is 16.1. The molecular formula is C22H20BrNO6. The lowest BCUT2D eigenvalue weighted by atomic mass is 9.93. The van der Waals surface area contributed by atoms with Gasteiger partial charge in [0, 0.05) is 16.1 Å². The summed E-state index contributed by atoms with van der Waals surface area (Å²) in [4.78, 5) is 25.9. The van der Waals surface area contributed by atoms with Crippen LogP contribution in [0.3, 0.4) is 0 Å². The van der Waals surface area contributed by atoms with Crippen LogP contribution in [0, 0.1) is 0 Å². The zero-order valence-corrected chi connectivity index (χ0v) is 17.6. The minimum atomic E-state index is -1.12. The highest BCUT2D eigenvalue weighted by atomic mass is 79.9. The van der Waals surface area contributed by atoms with Gasteiger partial charge in [-0.2, -0.15) is 0 Å². The maximum absolute atomic E-state index is 13.3. The van der Waals surface area contributed by atoms with Crippen LogP contribution in [0.5, 0.6) is 17.2 Å². The predicted octanol–water partition coefficient (Wildman–Crippen LogP) is 4.53. The highest BCUT2D eigenvalue weighted by Gasteiger charge is 2.42. The minimum Gasteiger partial charge on any atom is -0.481 e. The second-order valence-corrected chi connectivity index (χ2v) is 8.52. The van der Waals surface area contributed by atoms with Crippen LogP contribution in [0.1, 0.15) is 47.7 Å². The Kier molecular flexibility index (Phi) is 5.02. The fraction of sp³-hybridized carbons (Fsp3) is 0.364. The molecule has 3 aliphatic rings. The summed E-state index contributed by atoms with van der Waals surface area (Å²) in [6, 6.07) is 10.6. The number of hydrogen-bond donors (Lipinski definition) is 1. The van der Waals surface area contributed by atoms with Gasteiger partial charge in [0.2, 0.25) is 18.7 Å². The van der Waals surface area contributed by atoms with E-state index in [4.69, 9.17) is 18.9 Å². The number of rotatable bonds is 3. The highest BCUT2D eigenvalue weighted by molar-refractivity contribution is 9.10. The number of hydrogen-bond acceptors (Lipinski definition) is 6. The van der Waals surface area contributed by atoms with Crippen molar-refractivity contribution < 1.29 is 28.5 Å². The molecule has 0 bridgehead atoms. The summed E-state index contributed by atoms with van der Waals surface area (Å²) in [6.45, 7) is 0.143. The van der Waals surface area contributed by atoms with Crippen LogP contribution in [0.4, 0.5) is 4.79 Å². The number of carbonyl (C=O) groups excluding carboxylic acids is 2. The monoisotopic (exact) mass is 473 g/mol. The van der Waals surface area contributed by atoms with Crippen LogP contribution in [-0.4, -0.2) is 30.8 Å². The molecule has 0 aromatic heterocycles. The Morgan fingerprint density at radius 1 is 1.03 bits per heavy atom. The largest absolute Gasteiger partial charge is 0.481 e. The Bertz CT molecular complexity index is 1000. The van der Waals surface area contributed by atoms with Crippen molar-refractivity contribution >= 4 is 27.8 Å². The Labute approximate surface area is 181 Å². The van der Waals surface area contributed by atoms with Crippen LogP contribution in [0.25, 0.3) is 0 Å². The third-order valence-electron chi connectivity index (χ3n) is 5.63. The molecular weight excluding hydrogens is 454 g/mol. The van der Waals surface area contributed by atoms with Crippen molar-refractivity contribution in [2.45, 2.75) is 43.9 Å². The molecule has 2 aromatic rings. The zero-order chi connectivity index (χ0) is 20.7. The van der Waals surface area contributed by atoms with Gasteiger partial charge in [0.1, 0.15) is 5.75 Å². The average Bonchev–Trinajstić information content (AvgIpc) is 3.41. The normalized spacial score (nSPS) is 22.4. The van der Waals surface area contributed by atoms with Gasteiger partial charge in [0.15, 0.2) is 17.6 Å². The highest BCUT2D eigenvalue weighted by Crippen LogP contribution is 2.41. The van der Waals surface area contributed by atoms with Crippen molar-refractivity contribution in [3.8, 4) is 17.2 Å². The number of nitrogens with one attached hydrogen (secondary N) is 1. The number of ketones is 1. The lowest BCUT2D eigenvalue weighted by Crippen LogP contribution is -2.43. The van der Waals surface area contributed by atoms with Crippen LogP contribution >= 0.6 is 15.9 Å². The van der Waals surface area contributed by atoms with Crippen molar-refractivity contribution in [3.63, 3.8) is 0 Å². The van der Waals surface area contributed by atoms with Gasteiger partial charge >= 0.3 is 6.09 Å². The lowest BCUT2D eigenvalue weighted by molar-refractivity contribution is 0.00823. The first-order valence-corrected chi connectivity index (χ1v) is 10.7. The van der Waals surface area contributed by atoms with Crippen LogP contribution in [0.15, 0.2) is 40.9 Å². The maximum Gasteiger partial charge on any atom is 0.408 e. The summed E-state index contributed by atoms with van der Waals surface area (Å²) in [6.07, 6.45) is 1.49. The smallest absolute Gasteiger partial charge is 0.408 e. The van der Waals surface area contributed by atoms with Crippen molar-refractivity contribution in [2.75, 3.05) is 6.79 Å². The molecule has 1 fully saturated rings. The van der Waals surface area contributed by atoms with E-state index in [2.05, 4.69) is 21.2 Å². The maximum atomic E-state index is 13.3. The van der Waals surface area contributed by atoms with E-state index < -0.39 is 18.3 Å².